The summed E-state index contributed by atoms with van der Waals surface area (Å²) in [6.07, 6.45) is 19.4. The highest BCUT2D eigenvalue weighted by molar-refractivity contribution is 7.46. The number of phosphoric acid groups is 1. The number of hydrogen-bond acceptors (Lipinski definition) is 6. The van der Waals surface area contributed by atoms with Gasteiger partial charge in [0.2, 0.25) is 0 Å². The van der Waals surface area contributed by atoms with E-state index in [0.717, 1.165) is 32.1 Å². The molecule has 0 saturated heterocycles. The quantitative estimate of drug-likeness (QED) is 0.0736. The van der Waals surface area contributed by atoms with Crippen LogP contribution >= 0.6 is 7.82 Å². The number of rotatable bonds is 21. The summed E-state index contributed by atoms with van der Waals surface area (Å²) in [7, 11) is -4.61. The second kappa shape index (κ2) is 20.2. The maximum Gasteiger partial charge on any atom is 0.469 e. The summed E-state index contributed by atoms with van der Waals surface area (Å²) in [5.41, 5.74) is 0. The van der Waals surface area contributed by atoms with Gasteiger partial charge in [-0.05, 0) is 32.1 Å². The Labute approximate surface area is 181 Å². The lowest BCUT2D eigenvalue weighted by Crippen LogP contribution is -2.29. The fourth-order valence-electron chi connectivity index (χ4n) is 2.91. The molecule has 0 saturated carbocycles. The van der Waals surface area contributed by atoms with E-state index in [2.05, 4.69) is 28.4 Å². The molecule has 0 aliphatic rings. The number of esters is 1. The lowest BCUT2D eigenvalue weighted by Gasteiger charge is -2.15. The van der Waals surface area contributed by atoms with Gasteiger partial charge in [0.25, 0.3) is 0 Å². The summed E-state index contributed by atoms with van der Waals surface area (Å²) in [4.78, 5) is 33.4. The molecule has 0 aromatic carbocycles. The molecule has 0 radical (unpaired) electrons. The molecule has 8 nitrogen and oxygen atoms in total. The molecular formula is C21H42NO7P. The largest absolute Gasteiger partial charge is 0.469 e. The highest BCUT2D eigenvalue weighted by Crippen LogP contribution is 2.35. The molecular weight excluding hydrogens is 409 g/mol. The van der Waals surface area contributed by atoms with Crippen molar-refractivity contribution in [1.29, 1.82) is 0 Å². The summed E-state index contributed by atoms with van der Waals surface area (Å²) < 4.78 is 19.9. The van der Waals surface area contributed by atoms with Crippen LogP contribution in [-0.4, -0.2) is 35.1 Å². The van der Waals surface area contributed by atoms with Crippen LogP contribution in [0.3, 0.4) is 0 Å². The third-order valence-corrected chi connectivity index (χ3v) is 5.18. The number of phosphoric ester groups is 1. The summed E-state index contributed by atoms with van der Waals surface area (Å²) in [5, 5.41) is 0. The Morgan fingerprint density at radius 1 is 0.900 bits per heavy atom. The number of hydrogen-bond donors (Lipinski definition) is 3. The van der Waals surface area contributed by atoms with Crippen LogP contribution in [0.25, 0.3) is 0 Å². The van der Waals surface area contributed by atoms with Crippen LogP contribution in [0.1, 0.15) is 96.8 Å². The van der Waals surface area contributed by atoms with Gasteiger partial charge in [-0.15, -0.1) is 0 Å². The summed E-state index contributed by atoms with van der Waals surface area (Å²) in [5.74, 6) is 4.61. The van der Waals surface area contributed by atoms with Crippen LogP contribution in [0.4, 0.5) is 0 Å². The van der Waals surface area contributed by atoms with Gasteiger partial charge in [0, 0.05) is 6.42 Å². The van der Waals surface area contributed by atoms with Crippen molar-refractivity contribution in [2.75, 3.05) is 13.2 Å². The Kier molecular flexibility index (Phi) is 19.6. The molecule has 9 heteroatoms. The van der Waals surface area contributed by atoms with Gasteiger partial charge in [-0.3, -0.25) is 14.2 Å². The van der Waals surface area contributed by atoms with Crippen molar-refractivity contribution < 1.29 is 33.2 Å². The first-order chi connectivity index (χ1) is 14.4. The Morgan fingerprint density at radius 2 is 1.43 bits per heavy atom. The molecule has 0 aromatic rings. The predicted molar refractivity (Wildman–Crippen MR) is 117 cm³/mol. The van der Waals surface area contributed by atoms with E-state index in [1.54, 1.807) is 0 Å². The fraction of sp³-hybridized carbons (Fsp3) is 0.857. The molecule has 0 aliphatic heterocycles. The fourth-order valence-corrected chi connectivity index (χ4v) is 3.27. The van der Waals surface area contributed by atoms with Gasteiger partial charge < -0.3 is 14.5 Å². The first-order valence-electron chi connectivity index (χ1n) is 11.2. The summed E-state index contributed by atoms with van der Waals surface area (Å²) in [6, 6.07) is 0. The van der Waals surface area contributed by atoms with Crippen LogP contribution in [-0.2, 0) is 23.5 Å². The van der Waals surface area contributed by atoms with Gasteiger partial charge in [0.1, 0.15) is 12.7 Å². The monoisotopic (exact) mass is 451 g/mol. The van der Waals surface area contributed by atoms with Gasteiger partial charge in [-0.2, -0.15) is 0 Å². The van der Waals surface area contributed by atoms with Crippen molar-refractivity contribution in [2.45, 2.75) is 103 Å². The zero-order valence-corrected chi connectivity index (χ0v) is 19.4. The van der Waals surface area contributed by atoms with Crippen molar-refractivity contribution >= 4 is 13.8 Å². The number of carbonyl (C=O) groups excluding carboxylic acids is 1. The minimum absolute atomic E-state index is 0.208. The molecule has 0 amide bonds. The van der Waals surface area contributed by atoms with E-state index in [1.807, 2.05) is 0 Å². The molecule has 0 fully saturated rings. The van der Waals surface area contributed by atoms with Gasteiger partial charge in [-0.1, -0.05) is 70.4 Å². The Bertz CT molecular complexity index is 482. The van der Waals surface area contributed by atoms with E-state index in [-0.39, 0.29) is 12.6 Å². The molecule has 0 spiro atoms. The zero-order valence-electron chi connectivity index (χ0n) is 18.5. The predicted octanol–water partition coefficient (Wildman–Crippen LogP) is 4.94. The number of unbranched alkanes of at least 4 members (excludes halogenated alkanes) is 11. The van der Waals surface area contributed by atoms with E-state index >= 15 is 0 Å². The van der Waals surface area contributed by atoms with Crippen LogP contribution < -0.4 is 5.90 Å². The first kappa shape index (κ1) is 29.2. The molecule has 0 rings (SSSR count). The van der Waals surface area contributed by atoms with Gasteiger partial charge in [0.15, 0.2) is 0 Å². The summed E-state index contributed by atoms with van der Waals surface area (Å²) in [6.45, 7) is 1.58. The summed E-state index contributed by atoms with van der Waals surface area (Å²) >= 11 is 0. The standard InChI is InChI=1S/C21H42NO7P/c1-2-3-4-5-6-7-8-9-10-11-12-13-14-15-16-17-21(23)27-18-20(29-22)19-28-30(24,25)26/h9-10,20H,2-8,11-19,22H2,1H3,(H2,24,25,26)/b10-9-/t20-/m1/s1. The molecule has 0 heterocycles. The minimum Gasteiger partial charge on any atom is -0.463 e. The second-order valence-corrected chi connectivity index (χ2v) is 8.80. The number of ether oxygens (including phenoxy) is 1. The van der Waals surface area contributed by atoms with Gasteiger partial charge in [-0.25, -0.2) is 10.5 Å². The average molecular weight is 452 g/mol. The molecule has 0 aromatic heterocycles. The lowest BCUT2D eigenvalue weighted by atomic mass is 10.1. The van der Waals surface area contributed by atoms with Crippen LogP contribution in [0.5, 0.6) is 0 Å². The van der Waals surface area contributed by atoms with Gasteiger partial charge in [0.05, 0.1) is 6.61 Å². The average Bonchev–Trinajstić information content (AvgIpc) is 2.70. The number of nitrogens with two attached hydrogens (primary N) is 1. The normalized spacial score (nSPS) is 13.1. The van der Waals surface area contributed by atoms with E-state index in [0.29, 0.717) is 6.42 Å². The number of allylic oxidation sites excluding steroid dienone is 2. The molecule has 0 aliphatic carbocycles. The maximum atomic E-state index is 11.7. The van der Waals surface area contributed by atoms with Crippen LogP contribution in [0.15, 0.2) is 12.2 Å². The van der Waals surface area contributed by atoms with Crippen molar-refractivity contribution in [3.05, 3.63) is 12.2 Å². The highest BCUT2D eigenvalue weighted by atomic mass is 31.2. The van der Waals surface area contributed by atoms with Gasteiger partial charge >= 0.3 is 13.8 Å². The minimum atomic E-state index is -4.61. The zero-order chi connectivity index (χ0) is 22.5. The molecule has 4 N–H and O–H groups in total. The second-order valence-electron chi connectivity index (χ2n) is 7.56. The van der Waals surface area contributed by atoms with Crippen LogP contribution in [0, 0.1) is 0 Å². The topological polar surface area (TPSA) is 128 Å². The number of carbonyl (C=O) groups is 1. The van der Waals surface area contributed by atoms with E-state index < -0.39 is 20.5 Å². The third kappa shape index (κ3) is 21.9. The SMILES string of the molecule is CCCCCCCC/C=C\CCCCCCCC(=O)OC[C@H](COP(=O)(O)O)ON. The molecule has 1 atom stereocenters. The van der Waals surface area contributed by atoms with E-state index in [1.165, 1.54) is 51.4 Å². The van der Waals surface area contributed by atoms with Crippen molar-refractivity contribution in [3.63, 3.8) is 0 Å². The third-order valence-electron chi connectivity index (χ3n) is 4.69. The Morgan fingerprint density at radius 3 is 1.97 bits per heavy atom. The molecule has 0 unspecified atom stereocenters. The Balaban J connectivity index is 3.47. The van der Waals surface area contributed by atoms with Crippen molar-refractivity contribution in [2.24, 2.45) is 5.90 Å². The lowest BCUT2D eigenvalue weighted by molar-refractivity contribution is -0.149. The van der Waals surface area contributed by atoms with Crippen molar-refractivity contribution in [3.8, 4) is 0 Å². The smallest absolute Gasteiger partial charge is 0.463 e. The first-order valence-corrected chi connectivity index (χ1v) is 12.8. The molecule has 0 bridgehead atoms. The van der Waals surface area contributed by atoms with Crippen molar-refractivity contribution in [1.82, 2.24) is 0 Å². The maximum absolute atomic E-state index is 11.7. The van der Waals surface area contributed by atoms with E-state index in [9.17, 15) is 9.36 Å². The van der Waals surface area contributed by atoms with Crippen LogP contribution in [0.2, 0.25) is 0 Å². The molecule has 30 heavy (non-hydrogen) atoms. The highest BCUT2D eigenvalue weighted by Gasteiger charge is 2.19. The molecule has 178 valence electrons. The van der Waals surface area contributed by atoms with E-state index in [4.69, 9.17) is 20.4 Å². The Hall–Kier alpha value is -0.760.